The highest BCUT2D eigenvalue weighted by Crippen LogP contribution is 2.16. The fraction of sp³-hybridized carbons (Fsp3) is 0.133. The number of carbonyl (C=O) groups is 1. The molecule has 0 aliphatic rings. The molecular weight excluding hydrogens is 288 g/mol. The Labute approximate surface area is 126 Å². The van der Waals surface area contributed by atoms with E-state index in [4.69, 9.17) is 9.15 Å². The molecule has 0 saturated heterocycles. The lowest BCUT2D eigenvalue weighted by Gasteiger charge is -2.01. The number of methoxy groups -OCH3 is 1. The van der Waals surface area contributed by atoms with E-state index in [0.717, 1.165) is 6.07 Å². The van der Waals surface area contributed by atoms with Crippen LogP contribution in [-0.4, -0.2) is 24.5 Å². The van der Waals surface area contributed by atoms with Gasteiger partial charge in [-0.2, -0.15) is 0 Å². The van der Waals surface area contributed by atoms with E-state index in [1.165, 1.54) is 6.07 Å². The topological polar surface area (TPSA) is 94.6 Å². The molecule has 0 unspecified atom stereocenters. The molecule has 7 nitrogen and oxygen atoms in total. The first-order chi connectivity index (χ1) is 10.6. The predicted octanol–water partition coefficient (Wildman–Crippen LogP) is 1.98. The average Bonchev–Trinajstić information content (AvgIpc) is 3.02. The maximum Gasteiger partial charge on any atom is 0.433 e. The molecule has 0 bridgehead atoms. The lowest BCUT2D eigenvalue weighted by Crippen LogP contribution is -2.23. The molecule has 1 aromatic heterocycles. The Morgan fingerprint density at radius 2 is 2.14 bits per heavy atom. The number of nitrogens with one attached hydrogen (secondary N) is 1. The van der Waals surface area contributed by atoms with Crippen LogP contribution in [0.2, 0.25) is 0 Å². The van der Waals surface area contributed by atoms with Crippen molar-refractivity contribution in [2.75, 3.05) is 13.7 Å². The quantitative estimate of drug-likeness (QED) is 0.529. The third-order valence-electron chi connectivity index (χ3n) is 2.66. The first-order valence-corrected chi connectivity index (χ1v) is 6.26. The van der Waals surface area contributed by atoms with Crippen LogP contribution in [0.25, 0.3) is 0 Å². The summed E-state index contributed by atoms with van der Waals surface area (Å²) in [5.41, 5.74) is 0.702. The van der Waals surface area contributed by atoms with Crippen molar-refractivity contribution in [1.29, 1.82) is 0 Å². The first kappa shape index (κ1) is 15.1. The van der Waals surface area contributed by atoms with Crippen LogP contribution >= 0.6 is 0 Å². The summed E-state index contributed by atoms with van der Waals surface area (Å²) in [6, 6.07) is 9.59. The summed E-state index contributed by atoms with van der Waals surface area (Å²) in [4.78, 5) is 21.4. The average molecular weight is 300 g/mol. The lowest BCUT2D eigenvalue weighted by molar-refractivity contribution is -0.402. The van der Waals surface area contributed by atoms with Gasteiger partial charge in [0.15, 0.2) is 5.76 Å². The molecule has 1 heterocycles. The van der Waals surface area contributed by atoms with Gasteiger partial charge in [0.05, 0.1) is 25.3 Å². The second-order valence-corrected chi connectivity index (χ2v) is 4.08. The van der Waals surface area contributed by atoms with Crippen LogP contribution in [-0.2, 0) is 0 Å². The standard InChI is InChI=1S/C15H12N2O5/c1-21-12-7-3-2-5-11(12)6-4-10-16-15(18)13-8-9-14(22-13)17(19)20/h2-3,5,7-9H,10H2,1H3,(H,16,18). The van der Waals surface area contributed by atoms with Gasteiger partial charge in [0.1, 0.15) is 10.7 Å². The molecule has 112 valence electrons. The minimum absolute atomic E-state index is 0.0748. The van der Waals surface area contributed by atoms with Crippen molar-refractivity contribution >= 4 is 11.8 Å². The summed E-state index contributed by atoms with van der Waals surface area (Å²) in [6.45, 7) is 0.0748. The molecule has 1 amide bonds. The van der Waals surface area contributed by atoms with Gasteiger partial charge in [-0.05, 0) is 18.2 Å². The van der Waals surface area contributed by atoms with E-state index < -0.39 is 16.7 Å². The van der Waals surface area contributed by atoms with Gasteiger partial charge in [-0.15, -0.1) is 0 Å². The molecule has 1 N–H and O–H groups in total. The maximum atomic E-state index is 11.7. The van der Waals surface area contributed by atoms with Crippen LogP contribution in [0.4, 0.5) is 5.88 Å². The molecule has 1 aromatic carbocycles. The molecule has 0 fully saturated rings. The van der Waals surface area contributed by atoms with Crippen LogP contribution in [0.3, 0.4) is 0 Å². The van der Waals surface area contributed by atoms with Crippen LogP contribution in [0.1, 0.15) is 16.1 Å². The Bertz CT molecular complexity index is 755. The minimum Gasteiger partial charge on any atom is -0.495 e. The Hall–Kier alpha value is -3.27. The molecule has 0 aliphatic heterocycles. The van der Waals surface area contributed by atoms with E-state index in [9.17, 15) is 14.9 Å². The van der Waals surface area contributed by atoms with E-state index >= 15 is 0 Å². The summed E-state index contributed by atoms with van der Waals surface area (Å²) < 4.78 is 9.93. The van der Waals surface area contributed by atoms with Gasteiger partial charge in [-0.25, -0.2) is 0 Å². The predicted molar refractivity (Wildman–Crippen MR) is 77.6 cm³/mol. The highest BCUT2D eigenvalue weighted by atomic mass is 16.6. The van der Waals surface area contributed by atoms with Gasteiger partial charge in [0, 0.05) is 0 Å². The number of para-hydroxylation sites is 1. The number of nitro groups is 1. The van der Waals surface area contributed by atoms with E-state index in [2.05, 4.69) is 17.2 Å². The summed E-state index contributed by atoms with van der Waals surface area (Å²) in [7, 11) is 1.55. The molecular formula is C15H12N2O5. The van der Waals surface area contributed by atoms with Crippen molar-refractivity contribution in [3.05, 3.63) is 57.8 Å². The van der Waals surface area contributed by atoms with Crippen molar-refractivity contribution in [1.82, 2.24) is 5.32 Å². The number of hydrogen-bond acceptors (Lipinski definition) is 5. The number of furan rings is 1. The summed E-state index contributed by atoms with van der Waals surface area (Å²) >= 11 is 0. The molecule has 0 radical (unpaired) electrons. The van der Waals surface area contributed by atoms with Gasteiger partial charge >= 0.3 is 5.88 Å². The number of benzene rings is 1. The van der Waals surface area contributed by atoms with Gasteiger partial charge in [-0.3, -0.25) is 14.9 Å². The monoisotopic (exact) mass is 300 g/mol. The molecule has 0 spiro atoms. The van der Waals surface area contributed by atoms with Crippen LogP contribution < -0.4 is 10.1 Å². The summed E-state index contributed by atoms with van der Waals surface area (Å²) in [5.74, 6) is 5.09. The fourth-order valence-electron chi connectivity index (χ4n) is 1.65. The molecule has 2 rings (SSSR count). The van der Waals surface area contributed by atoms with Crippen molar-refractivity contribution < 1.29 is 18.9 Å². The Kier molecular flexibility index (Phi) is 4.78. The Morgan fingerprint density at radius 3 is 2.82 bits per heavy atom. The Balaban J connectivity index is 1.95. The SMILES string of the molecule is COc1ccccc1C#CCNC(=O)c1ccc([N+](=O)[O-])o1. The number of amides is 1. The summed E-state index contributed by atoms with van der Waals surface area (Å²) in [5, 5.41) is 12.9. The molecule has 0 atom stereocenters. The van der Waals surface area contributed by atoms with E-state index in [-0.39, 0.29) is 12.3 Å². The number of carbonyl (C=O) groups excluding carboxylic acids is 1. The van der Waals surface area contributed by atoms with Gasteiger partial charge in [0.2, 0.25) is 0 Å². The normalized spacial score (nSPS) is 9.50. The zero-order valence-electron chi connectivity index (χ0n) is 11.7. The number of rotatable bonds is 4. The van der Waals surface area contributed by atoms with E-state index in [1.807, 2.05) is 12.1 Å². The second kappa shape index (κ2) is 6.95. The third kappa shape index (κ3) is 3.64. The van der Waals surface area contributed by atoms with Gasteiger partial charge in [-0.1, -0.05) is 24.0 Å². The Morgan fingerprint density at radius 1 is 1.36 bits per heavy atom. The third-order valence-corrected chi connectivity index (χ3v) is 2.66. The zero-order valence-corrected chi connectivity index (χ0v) is 11.7. The number of ether oxygens (including phenoxy) is 1. The molecule has 22 heavy (non-hydrogen) atoms. The highest BCUT2D eigenvalue weighted by Gasteiger charge is 2.16. The first-order valence-electron chi connectivity index (χ1n) is 6.26. The summed E-state index contributed by atoms with van der Waals surface area (Å²) in [6.07, 6.45) is 0. The maximum absolute atomic E-state index is 11.7. The minimum atomic E-state index is -0.710. The van der Waals surface area contributed by atoms with E-state index in [0.29, 0.717) is 11.3 Å². The van der Waals surface area contributed by atoms with Crippen LogP contribution in [0, 0.1) is 22.0 Å². The van der Waals surface area contributed by atoms with Crippen LogP contribution in [0.5, 0.6) is 5.75 Å². The van der Waals surface area contributed by atoms with Crippen molar-refractivity contribution in [3.63, 3.8) is 0 Å². The fourth-order valence-corrected chi connectivity index (χ4v) is 1.65. The molecule has 0 aliphatic carbocycles. The highest BCUT2D eigenvalue weighted by molar-refractivity contribution is 5.91. The molecule has 2 aromatic rings. The van der Waals surface area contributed by atoms with Crippen molar-refractivity contribution in [3.8, 4) is 17.6 Å². The van der Waals surface area contributed by atoms with E-state index in [1.54, 1.807) is 19.2 Å². The second-order valence-electron chi connectivity index (χ2n) is 4.08. The van der Waals surface area contributed by atoms with Crippen molar-refractivity contribution in [2.24, 2.45) is 0 Å². The van der Waals surface area contributed by atoms with Crippen molar-refractivity contribution in [2.45, 2.75) is 0 Å². The molecule has 0 saturated carbocycles. The number of nitrogens with zero attached hydrogens (tertiary/aromatic N) is 1. The van der Waals surface area contributed by atoms with Gasteiger partial charge in [0.25, 0.3) is 5.91 Å². The largest absolute Gasteiger partial charge is 0.495 e. The number of hydrogen-bond donors (Lipinski definition) is 1. The van der Waals surface area contributed by atoms with Crippen LogP contribution in [0.15, 0.2) is 40.8 Å². The van der Waals surface area contributed by atoms with Gasteiger partial charge < -0.3 is 14.5 Å². The zero-order chi connectivity index (χ0) is 15.9. The smallest absolute Gasteiger partial charge is 0.433 e. The molecule has 7 heteroatoms. The lowest BCUT2D eigenvalue weighted by atomic mass is 10.2.